The van der Waals surface area contributed by atoms with Crippen molar-refractivity contribution in [2.24, 2.45) is 5.73 Å². The number of oxazole rings is 1. The van der Waals surface area contributed by atoms with Crippen LogP contribution in [0.15, 0.2) is 40.8 Å². The van der Waals surface area contributed by atoms with Crippen molar-refractivity contribution in [3.63, 3.8) is 0 Å². The molecule has 0 aliphatic carbocycles. The third kappa shape index (κ3) is 3.52. The summed E-state index contributed by atoms with van der Waals surface area (Å²) in [4.78, 5) is 15.5. The van der Waals surface area contributed by atoms with Gasteiger partial charge in [0.1, 0.15) is 29.4 Å². The number of carbonyl (C=O) groups is 1. The van der Waals surface area contributed by atoms with Crippen LogP contribution in [0.1, 0.15) is 21.8 Å². The molecule has 1 amide bonds. The lowest BCUT2D eigenvalue weighted by atomic mass is 10.1. The highest BCUT2D eigenvalue weighted by atomic mass is 35.5. The van der Waals surface area contributed by atoms with E-state index in [1.807, 2.05) is 0 Å². The molecule has 134 valence electrons. The normalized spacial score (nSPS) is 10.8. The molecule has 3 aromatic rings. The van der Waals surface area contributed by atoms with Gasteiger partial charge in [0.05, 0.1) is 0 Å². The molecule has 3 rings (SSSR count). The lowest BCUT2D eigenvalue weighted by Crippen LogP contribution is -2.16. The highest BCUT2D eigenvalue weighted by molar-refractivity contribution is 6.30. The molecule has 0 atom stereocenters. The molecule has 0 bridgehead atoms. The summed E-state index contributed by atoms with van der Waals surface area (Å²) in [6.07, 6.45) is 0. The lowest BCUT2D eigenvalue weighted by molar-refractivity contribution is 0.0991. The Labute approximate surface area is 152 Å². The van der Waals surface area contributed by atoms with Crippen LogP contribution in [-0.2, 0) is 6.61 Å². The van der Waals surface area contributed by atoms with E-state index in [1.54, 1.807) is 31.2 Å². The zero-order chi connectivity index (χ0) is 18.8. The third-order valence-corrected chi connectivity index (χ3v) is 3.90. The van der Waals surface area contributed by atoms with Crippen molar-refractivity contribution in [2.45, 2.75) is 13.5 Å². The van der Waals surface area contributed by atoms with Crippen LogP contribution in [0, 0.1) is 18.6 Å². The molecule has 0 unspecified atom stereocenters. The van der Waals surface area contributed by atoms with Crippen molar-refractivity contribution in [3.05, 3.63) is 70.1 Å². The summed E-state index contributed by atoms with van der Waals surface area (Å²) >= 11 is 5.85. The fourth-order valence-electron chi connectivity index (χ4n) is 2.29. The van der Waals surface area contributed by atoms with Crippen molar-refractivity contribution in [2.75, 3.05) is 0 Å². The van der Waals surface area contributed by atoms with Gasteiger partial charge in [-0.05, 0) is 43.3 Å². The minimum atomic E-state index is -1.21. The summed E-state index contributed by atoms with van der Waals surface area (Å²) in [5.74, 6) is -2.90. The number of halogens is 3. The average molecular weight is 379 g/mol. The molecule has 0 aliphatic rings. The fourth-order valence-corrected chi connectivity index (χ4v) is 2.42. The quantitative estimate of drug-likeness (QED) is 0.719. The van der Waals surface area contributed by atoms with Gasteiger partial charge in [0.2, 0.25) is 5.89 Å². The van der Waals surface area contributed by atoms with Gasteiger partial charge in [-0.1, -0.05) is 11.6 Å². The average Bonchev–Trinajstić information content (AvgIpc) is 2.95. The number of aryl methyl sites for hydroxylation is 1. The van der Waals surface area contributed by atoms with Crippen LogP contribution in [0.25, 0.3) is 11.5 Å². The second-order valence-electron chi connectivity index (χ2n) is 5.42. The summed E-state index contributed by atoms with van der Waals surface area (Å²) in [5.41, 5.74) is 5.28. The highest BCUT2D eigenvalue weighted by Crippen LogP contribution is 2.26. The Bertz CT molecular complexity index is 971. The van der Waals surface area contributed by atoms with Gasteiger partial charge in [-0.3, -0.25) is 4.79 Å². The number of ether oxygens (including phenoxy) is 1. The minimum absolute atomic E-state index is 0.135. The molecule has 5 nitrogen and oxygen atoms in total. The molecular formula is C18H13ClF2N2O3. The van der Waals surface area contributed by atoms with E-state index in [1.165, 1.54) is 0 Å². The lowest BCUT2D eigenvalue weighted by Gasteiger charge is -2.08. The Balaban J connectivity index is 1.82. The van der Waals surface area contributed by atoms with Crippen LogP contribution in [0.4, 0.5) is 8.78 Å². The largest absolute Gasteiger partial charge is 0.484 e. The molecule has 0 aliphatic heterocycles. The van der Waals surface area contributed by atoms with E-state index >= 15 is 0 Å². The maximum atomic E-state index is 14.2. The Kier molecular flexibility index (Phi) is 4.90. The van der Waals surface area contributed by atoms with Gasteiger partial charge in [-0.2, -0.15) is 0 Å². The molecule has 0 radical (unpaired) electrons. The summed E-state index contributed by atoms with van der Waals surface area (Å²) in [5, 5.41) is 0.581. The van der Waals surface area contributed by atoms with Gasteiger partial charge in [-0.15, -0.1) is 0 Å². The van der Waals surface area contributed by atoms with Gasteiger partial charge in [0, 0.05) is 10.6 Å². The van der Waals surface area contributed by atoms with E-state index in [4.69, 9.17) is 26.5 Å². The van der Waals surface area contributed by atoms with Crippen molar-refractivity contribution in [1.29, 1.82) is 0 Å². The molecule has 0 spiro atoms. The number of hydrogen-bond acceptors (Lipinski definition) is 4. The molecule has 1 aromatic heterocycles. The smallest absolute Gasteiger partial charge is 0.254 e. The van der Waals surface area contributed by atoms with Crippen LogP contribution < -0.4 is 10.5 Å². The van der Waals surface area contributed by atoms with E-state index in [0.29, 0.717) is 27.9 Å². The van der Waals surface area contributed by atoms with Crippen LogP contribution in [0.3, 0.4) is 0 Å². The second kappa shape index (κ2) is 7.13. The summed E-state index contributed by atoms with van der Waals surface area (Å²) in [6, 6.07) is 8.88. The molecule has 0 saturated carbocycles. The van der Waals surface area contributed by atoms with Gasteiger partial charge in [0.15, 0.2) is 11.6 Å². The summed E-state index contributed by atoms with van der Waals surface area (Å²) in [6.45, 7) is 1.55. The Morgan fingerprint density at radius 3 is 2.58 bits per heavy atom. The van der Waals surface area contributed by atoms with Crippen LogP contribution in [0.5, 0.6) is 5.75 Å². The Hall–Kier alpha value is -2.93. The highest BCUT2D eigenvalue weighted by Gasteiger charge is 2.20. The number of hydrogen-bond donors (Lipinski definition) is 1. The van der Waals surface area contributed by atoms with Crippen molar-refractivity contribution in [3.8, 4) is 17.2 Å². The van der Waals surface area contributed by atoms with E-state index in [-0.39, 0.29) is 12.4 Å². The molecule has 8 heteroatoms. The van der Waals surface area contributed by atoms with Crippen molar-refractivity contribution in [1.82, 2.24) is 4.98 Å². The van der Waals surface area contributed by atoms with Gasteiger partial charge in [0.25, 0.3) is 5.91 Å². The van der Waals surface area contributed by atoms with Gasteiger partial charge in [-0.25, -0.2) is 13.8 Å². The van der Waals surface area contributed by atoms with Crippen LogP contribution in [0.2, 0.25) is 5.02 Å². The van der Waals surface area contributed by atoms with Crippen molar-refractivity contribution >= 4 is 17.5 Å². The molecule has 0 fully saturated rings. The van der Waals surface area contributed by atoms with Crippen molar-refractivity contribution < 1.29 is 22.7 Å². The molecule has 2 N–H and O–H groups in total. The first-order valence-electron chi connectivity index (χ1n) is 7.49. The molecule has 2 aromatic carbocycles. The first-order valence-corrected chi connectivity index (χ1v) is 7.87. The number of benzene rings is 2. The standard InChI is InChI=1S/C18H13ClF2N2O3/c1-9-13(23-18(26-9)10-2-4-11(19)5-3-10)8-25-14-7-6-12(20)15(16(14)21)17(22)24/h2-7H,8H2,1H3,(H2,22,24). The number of carbonyl (C=O) groups excluding carboxylic acids is 1. The molecular weight excluding hydrogens is 366 g/mol. The number of nitrogens with zero attached hydrogens (tertiary/aromatic N) is 1. The Morgan fingerprint density at radius 2 is 1.92 bits per heavy atom. The predicted molar refractivity (Wildman–Crippen MR) is 90.9 cm³/mol. The first kappa shape index (κ1) is 17.9. The van der Waals surface area contributed by atoms with Crippen LogP contribution in [-0.4, -0.2) is 10.9 Å². The van der Waals surface area contributed by atoms with E-state index in [2.05, 4.69) is 4.98 Å². The summed E-state index contributed by atoms with van der Waals surface area (Å²) < 4.78 is 38.6. The topological polar surface area (TPSA) is 78.3 Å². The van der Waals surface area contributed by atoms with Gasteiger partial charge >= 0.3 is 0 Å². The molecule has 1 heterocycles. The van der Waals surface area contributed by atoms with Gasteiger partial charge < -0.3 is 14.9 Å². The SMILES string of the molecule is Cc1oc(-c2ccc(Cl)cc2)nc1COc1ccc(F)c(C(N)=O)c1F. The van der Waals surface area contributed by atoms with Crippen LogP contribution >= 0.6 is 11.6 Å². The molecule has 0 saturated heterocycles. The summed E-state index contributed by atoms with van der Waals surface area (Å²) in [7, 11) is 0. The predicted octanol–water partition coefficient (Wildman–Crippen LogP) is 4.26. The van der Waals surface area contributed by atoms with E-state index < -0.39 is 23.1 Å². The Morgan fingerprint density at radius 1 is 1.23 bits per heavy atom. The zero-order valence-electron chi connectivity index (χ0n) is 13.6. The number of aromatic nitrogens is 1. The maximum Gasteiger partial charge on any atom is 0.254 e. The van der Waals surface area contributed by atoms with E-state index in [0.717, 1.165) is 12.1 Å². The third-order valence-electron chi connectivity index (χ3n) is 3.65. The maximum absolute atomic E-state index is 14.2. The van der Waals surface area contributed by atoms with E-state index in [9.17, 15) is 13.6 Å². The minimum Gasteiger partial charge on any atom is -0.484 e. The number of nitrogens with two attached hydrogens (primary N) is 1. The first-order chi connectivity index (χ1) is 12.4. The monoisotopic (exact) mass is 378 g/mol. The molecule has 26 heavy (non-hydrogen) atoms. The number of primary amides is 1. The number of rotatable bonds is 5. The fraction of sp³-hybridized carbons (Fsp3) is 0.111. The second-order valence-corrected chi connectivity index (χ2v) is 5.85. The zero-order valence-corrected chi connectivity index (χ0v) is 14.3. The number of amides is 1.